The zero-order valence-electron chi connectivity index (χ0n) is 11.1. The number of carbonyl (C=O) groups is 2. The molecule has 0 aromatic heterocycles. The first-order valence-electron chi connectivity index (χ1n) is 6.71. The maximum atomic E-state index is 12.5. The second-order valence-electron chi connectivity index (χ2n) is 5.71. The Labute approximate surface area is 108 Å². The lowest BCUT2D eigenvalue weighted by atomic mass is 10.1. The highest BCUT2D eigenvalue weighted by atomic mass is 16.4. The summed E-state index contributed by atoms with van der Waals surface area (Å²) in [5, 5.41) is 8.78. The molecule has 1 aliphatic carbocycles. The number of hydrogen-bond donors (Lipinski definition) is 1. The van der Waals surface area contributed by atoms with Gasteiger partial charge in [-0.3, -0.25) is 14.5 Å². The van der Waals surface area contributed by atoms with Gasteiger partial charge in [-0.25, -0.2) is 0 Å². The van der Waals surface area contributed by atoms with E-state index >= 15 is 0 Å². The van der Waals surface area contributed by atoms with Crippen molar-refractivity contribution in [1.82, 2.24) is 9.80 Å². The molecule has 2 rings (SSSR count). The maximum absolute atomic E-state index is 12.5. The molecule has 1 saturated heterocycles. The van der Waals surface area contributed by atoms with Gasteiger partial charge >= 0.3 is 5.97 Å². The van der Waals surface area contributed by atoms with Crippen LogP contribution in [-0.4, -0.2) is 59.0 Å². The van der Waals surface area contributed by atoms with Crippen LogP contribution in [-0.2, 0) is 9.59 Å². The average Bonchev–Trinajstić information content (AvgIpc) is 3.08. The SMILES string of the molecule is CC1CN(C)C(CCC(=O)O)C(=O)N(C2CC2)C1. The first kappa shape index (κ1) is 13.3. The van der Waals surface area contributed by atoms with E-state index in [0.29, 0.717) is 18.4 Å². The highest BCUT2D eigenvalue weighted by Gasteiger charge is 2.40. The van der Waals surface area contributed by atoms with Crippen LogP contribution in [0, 0.1) is 5.92 Å². The van der Waals surface area contributed by atoms with Crippen LogP contribution < -0.4 is 0 Å². The molecule has 0 radical (unpaired) electrons. The van der Waals surface area contributed by atoms with E-state index in [0.717, 1.165) is 25.9 Å². The zero-order valence-corrected chi connectivity index (χ0v) is 11.1. The molecule has 18 heavy (non-hydrogen) atoms. The summed E-state index contributed by atoms with van der Waals surface area (Å²) in [5.41, 5.74) is 0. The summed E-state index contributed by atoms with van der Waals surface area (Å²) in [4.78, 5) is 27.2. The molecule has 1 heterocycles. The van der Waals surface area contributed by atoms with E-state index in [1.165, 1.54) is 0 Å². The smallest absolute Gasteiger partial charge is 0.303 e. The zero-order chi connectivity index (χ0) is 13.3. The van der Waals surface area contributed by atoms with Gasteiger partial charge in [0.25, 0.3) is 0 Å². The third-order valence-corrected chi connectivity index (χ3v) is 3.83. The molecule has 2 unspecified atom stereocenters. The molecule has 0 spiro atoms. The van der Waals surface area contributed by atoms with Crippen molar-refractivity contribution in [3.05, 3.63) is 0 Å². The minimum absolute atomic E-state index is 0.0631. The number of carbonyl (C=O) groups excluding carboxylic acids is 1. The normalized spacial score (nSPS) is 30.3. The van der Waals surface area contributed by atoms with Crippen LogP contribution in [0.15, 0.2) is 0 Å². The highest BCUT2D eigenvalue weighted by Crippen LogP contribution is 2.31. The summed E-state index contributed by atoms with van der Waals surface area (Å²) in [7, 11) is 1.93. The van der Waals surface area contributed by atoms with Gasteiger partial charge in [-0.2, -0.15) is 0 Å². The molecule has 0 bridgehead atoms. The van der Waals surface area contributed by atoms with Crippen molar-refractivity contribution in [2.75, 3.05) is 20.1 Å². The molecule has 0 aromatic rings. The van der Waals surface area contributed by atoms with Crippen LogP contribution in [0.2, 0.25) is 0 Å². The number of amides is 1. The van der Waals surface area contributed by atoms with Crippen molar-refractivity contribution in [2.24, 2.45) is 5.92 Å². The van der Waals surface area contributed by atoms with Gasteiger partial charge in [-0.05, 0) is 32.2 Å². The van der Waals surface area contributed by atoms with Crippen molar-refractivity contribution in [3.63, 3.8) is 0 Å². The predicted molar refractivity (Wildman–Crippen MR) is 67.2 cm³/mol. The number of nitrogens with zero attached hydrogens (tertiary/aromatic N) is 2. The number of aliphatic carboxylic acids is 1. The number of rotatable bonds is 4. The maximum Gasteiger partial charge on any atom is 0.303 e. The van der Waals surface area contributed by atoms with Crippen LogP contribution in [0.5, 0.6) is 0 Å². The Hall–Kier alpha value is -1.10. The van der Waals surface area contributed by atoms with E-state index in [9.17, 15) is 9.59 Å². The monoisotopic (exact) mass is 254 g/mol. The molecular weight excluding hydrogens is 232 g/mol. The third kappa shape index (κ3) is 3.02. The fourth-order valence-corrected chi connectivity index (χ4v) is 2.80. The lowest BCUT2D eigenvalue weighted by Crippen LogP contribution is -2.45. The van der Waals surface area contributed by atoms with E-state index in [1.807, 2.05) is 16.8 Å². The number of carboxylic acids is 1. The largest absolute Gasteiger partial charge is 0.481 e. The van der Waals surface area contributed by atoms with Gasteiger partial charge in [0.05, 0.1) is 6.04 Å². The van der Waals surface area contributed by atoms with Gasteiger partial charge in [0.1, 0.15) is 0 Å². The number of likely N-dealkylation sites (N-methyl/N-ethyl adjacent to an activating group) is 1. The van der Waals surface area contributed by atoms with Gasteiger partial charge in [0, 0.05) is 25.6 Å². The summed E-state index contributed by atoms with van der Waals surface area (Å²) in [6.07, 6.45) is 2.69. The molecule has 102 valence electrons. The summed E-state index contributed by atoms with van der Waals surface area (Å²) in [5.74, 6) is -0.244. The molecule has 5 nitrogen and oxygen atoms in total. The first-order chi connectivity index (χ1) is 8.49. The Kier molecular flexibility index (Phi) is 3.90. The lowest BCUT2D eigenvalue weighted by molar-refractivity contribution is -0.139. The topological polar surface area (TPSA) is 60.9 Å². The molecule has 1 amide bonds. The fraction of sp³-hybridized carbons (Fsp3) is 0.846. The Balaban J connectivity index is 2.08. The van der Waals surface area contributed by atoms with E-state index in [2.05, 4.69) is 6.92 Å². The van der Waals surface area contributed by atoms with Crippen LogP contribution in [0.4, 0.5) is 0 Å². The first-order valence-corrected chi connectivity index (χ1v) is 6.71. The lowest BCUT2D eigenvalue weighted by Gasteiger charge is -2.27. The minimum atomic E-state index is -0.827. The Morgan fingerprint density at radius 3 is 2.61 bits per heavy atom. The predicted octanol–water partition coefficient (Wildman–Crippen LogP) is 0.792. The standard InChI is InChI=1S/C13H22N2O3/c1-9-7-14(2)11(5-6-12(16)17)13(18)15(8-9)10-3-4-10/h9-11H,3-8H2,1-2H3,(H,16,17). The van der Waals surface area contributed by atoms with Gasteiger partial charge in [0.2, 0.25) is 5.91 Å². The van der Waals surface area contributed by atoms with Gasteiger partial charge in [-0.15, -0.1) is 0 Å². The molecule has 5 heteroatoms. The van der Waals surface area contributed by atoms with E-state index in [4.69, 9.17) is 5.11 Å². The molecule has 1 saturated carbocycles. The summed E-state index contributed by atoms with van der Waals surface area (Å²) < 4.78 is 0. The fourth-order valence-electron chi connectivity index (χ4n) is 2.80. The van der Waals surface area contributed by atoms with Crippen molar-refractivity contribution >= 4 is 11.9 Å². The second kappa shape index (κ2) is 5.26. The molecule has 2 atom stereocenters. The molecule has 1 N–H and O–H groups in total. The third-order valence-electron chi connectivity index (χ3n) is 3.83. The summed E-state index contributed by atoms with van der Waals surface area (Å²) >= 11 is 0. The summed E-state index contributed by atoms with van der Waals surface area (Å²) in [6, 6.07) is 0.158. The molecular formula is C13H22N2O3. The Morgan fingerprint density at radius 2 is 2.06 bits per heavy atom. The molecule has 2 fully saturated rings. The van der Waals surface area contributed by atoms with Crippen LogP contribution in [0.1, 0.15) is 32.6 Å². The minimum Gasteiger partial charge on any atom is -0.481 e. The Bertz CT molecular complexity index is 341. The van der Waals surface area contributed by atoms with Gasteiger partial charge < -0.3 is 10.0 Å². The second-order valence-corrected chi connectivity index (χ2v) is 5.71. The van der Waals surface area contributed by atoms with Crippen LogP contribution in [0.3, 0.4) is 0 Å². The quantitative estimate of drug-likeness (QED) is 0.806. The van der Waals surface area contributed by atoms with E-state index in [-0.39, 0.29) is 18.4 Å². The van der Waals surface area contributed by atoms with Crippen LogP contribution in [0.25, 0.3) is 0 Å². The highest BCUT2D eigenvalue weighted by molar-refractivity contribution is 5.83. The molecule has 0 aromatic carbocycles. The van der Waals surface area contributed by atoms with Crippen molar-refractivity contribution in [1.29, 1.82) is 0 Å². The van der Waals surface area contributed by atoms with Crippen molar-refractivity contribution < 1.29 is 14.7 Å². The van der Waals surface area contributed by atoms with Crippen molar-refractivity contribution in [2.45, 2.75) is 44.7 Å². The van der Waals surface area contributed by atoms with E-state index < -0.39 is 5.97 Å². The number of hydrogen-bond acceptors (Lipinski definition) is 3. The van der Waals surface area contributed by atoms with Crippen molar-refractivity contribution in [3.8, 4) is 0 Å². The van der Waals surface area contributed by atoms with Gasteiger partial charge in [-0.1, -0.05) is 6.92 Å². The Morgan fingerprint density at radius 1 is 1.39 bits per heavy atom. The number of carboxylic acid groups (broad SMARTS) is 1. The van der Waals surface area contributed by atoms with Crippen LogP contribution >= 0.6 is 0 Å². The van der Waals surface area contributed by atoms with E-state index in [1.54, 1.807) is 0 Å². The van der Waals surface area contributed by atoms with Gasteiger partial charge in [0.15, 0.2) is 0 Å². The molecule has 1 aliphatic heterocycles. The summed E-state index contributed by atoms with van der Waals surface area (Å²) in [6.45, 7) is 3.83. The molecule has 2 aliphatic rings. The average molecular weight is 254 g/mol.